The second kappa shape index (κ2) is 12.8. The zero-order valence-electron chi connectivity index (χ0n) is 23.7. The molecule has 1 N–H and O–H groups in total. The van der Waals surface area contributed by atoms with Gasteiger partial charge in [0, 0.05) is 36.4 Å². The van der Waals surface area contributed by atoms with E-state index in [1.807, 2.05) is 117 Å². The van der Waals surface area contributed by atoms with Crippen molar-refractivity contribution in [1.29, 1.82) is 0 Å². The van der Waals surface area contributed by atoms with Gasteiger partial charge in [-0.25, -0.2) is 4.98 Å². The molecule has 0 aliphatic rings. The van der Waals surface area contributed by atoms with Crippen molar-refractivity contribution in [3.05, 3.63) is 94.8 Å². The van der Waals surface area contributed by atoms with Gasteiger partial charge >= 0.3 is 0 Å². The highest BCUT2D eigenvalue weighted by Gasteiger charge is 2.41. The minimum absolute atomic E-state index is 0.130. The molecular formula is C32H36N4O3S. The monoisotopic (exact) mass is 556 g/mol. The summed E-state index contributed by atoms with van der Waals surface area (Å²) in [6.45, 7) is 3.99. The summed E-state index contributed by atoms with van der Waals surface area (Å²) in [5, 5.41) is 5.78. The average molecular weight is 557 g/mol. The molecule has 0 radical (unpaired) electrons. The first-order chi connectivity index (χ1) is 19.2. The van der Waals surface area contributed by atoms with E-state index in [-0.39, 0.29) is 24.8 Å². The zero-order valence-corrected chi connectivity index (χ0v) is 24.5. The predicted octanol–water partition coefficient (Wildman–Crippen LogP) is 6.26. The summed E-state index contributed by atoms with van der Waals surface area (Å²) in [5.74, 6) is 0.411. The molecule has 0 bridgehead atoms. The van der Waals surface area contributed by atoms with Gasteiger partial charge in [0.25, 0.3) is 0 Å². The molecule has 0 aliphatic carbocycles. The fraction of sp³-hybridized carbons (Fsp3) is 0.281. The minimum atomic E-state index is -1.10. The number of nitrogens with one attached hydrogen (secondary N) is 1. The van der Waals surface area contributed by atoms with E-state index >= 15 is 0 Å². The summed E-state index contributed by atoms with van der Waals surface area (Å²) in [4.78, 5) is 36.2. The van der Waals surface area contributed by atoms with E-state index in [1.54, 1.807) is 12.0 Å². The molecule has 7 nitrogen and oxygen atoms in total. The van der Waals surface area contributed by atoms with Gasteiger partial charge < -0.3 is 19.9 Å². The number of amides is 2. The maximum absolute atomic E-state index is 13.8. The summed E-state index contributed by atoms with van der Waals surface area (Å²) in [6.07, 6.45) is 0.629. The highest BCUT2D eigenvalue weighted by atomic mass is 32.1. The van der Waals surface area contributed by atoms with Gasteiger partial charge in [-0.05, 0) is 67.4 Å². The number of aromatic nitrogens is 1. The Kier molecular flexibility index (Phi) is 9.22. The molecule has 40 heavy (non-hydrogen) atoms. The second-order valence-corrected chi connectivity index (χ2v) is 11.0. The van der Waals surface area contributed by atoms with Crippen molar-refractivity contribution in [1.82, 2.24) is 9.88 Å². The van der Waals surface area contributed by atoms with E-state index in [2.05, 4.69) is 5.32 Å². The fourth-order valence-corrected chi connectivity index (χ4v) is 5.19. The van der Waals surface area contributed by atoms with Crippen LogP contribution in [0.4, 0.5) is 11.4 Å². The van der Waals surface area contributed by atoms with Crippen molar-refractivity contribution < 1.29 is 14.3 Å². The number of nitrogens with zero attached hydrogens (tertiary/aromatic N) is 3. The van der Waals surface area contributed by atoms with E-state index in [1.165, 1.54) is 11.3 Å². The number of hydrogen-bond donors (Lipinski definition) is 1. The lowest BCUT2D eigenvalue weighted by Gasteiger charge is -2.39. The Morgan fingerprint density at radius 3 is 2.25 bits per heavy atom. The maximum atomic E-state index is 13.8. The van der Waals surface area contributed by atoms with Crippen LogP contribution in [0.15, 0.2) is 84.2 Å². The molecule has 208 valence electrons. The number of methoxy groups -OCH3 is 1. The van der Waals surface area contributed by atoms with Crippen LogP contribution in [0.5, 0.6) is 5.75 Å². The topological polar surface area (TPSA) is 74.8 Å². The van der Waals surface area contributed by atoms with Crippen molar-refractivity contribution in [2.45, 2.75) is 38.8 Å². The molecule has 0 saturated carbocycles. The number of anilines is 2. The molecule has 0 spiro atoms. The van der Waals surface area contributed by atoms with Crippen molar-refractivity contribution in [3.8, 4) is 17.0 Å². The summed E-state index contributed by atoms with van der Waals surface area (Å²) >= 11 is 1.48. The van der Waals surface area contributed by atoms with Crippen LogP contribution in [0.2, 0.25) is 0 Å². The largest absolute Gasteiger partial charge is 0.497 e. The SMILES string of the molecule is CCC(C)(C(=O)Nc1ccc(N(C)C)cc1)N(Cc1nc(-c2ccc(OC)cc2)cs1)C(=O)Cc1ccccc1. The number of hydrogen-bond acceptors (Lipinski definition) is 6. The lowest BCUT2D eigenvalue weighted by Crippen LogP contribution is -2.56. The predicted molar refractivity (Wildman–Crippen MR) is 163 cm³/mol. The van der Waals surface area contributed by atoms with Gasteiger partial charge in [-0.2, -0.15) is 0 Å². The first-order valence-corrected chi connectivity index (χ1v) is 14.1. The van der Waals surface area contributed by atoms with Crippen LogP contribution in [0, 0.1) is 0 Å². The van der Waals surface area contributed by atoms with Gasteiger partial charge in [0.15, 0.2) is 0 Å². The highest BCUT2D eigenvalue weighted by Crippen LogP contribution is 2.30. The van der Waals surface area contributed by atoms with E-state index in [0.717, 1.165) is 33.3 Å². The number of carbonyl (C=O) groups is 2. The van der Waals surface area contributed by atoms with Crippen molar-refractivity contribution in [2.75, 3.05) is 31.4 Å². The number of benzene rings is 3. The number of ether oxygens (including phenoxy) is 1. The average Bonchev–Trinajstić information content (AvgIpc) is 3.45. The Morgan fingerprint density at radius 1 is 0.975 bits per heavy atom. The molecule has 0 saturated heterocycles. The fourth-order valence-electron chi connectivity index (χ4n) is 4.40. The molecule has 1 heterocycles. The molecule has 1 unspecified atom stereocenters. The Hall–Kier alpha value is -4.17. The number of thiazole rings is 1. The van der Waals surface area contributed by atoms with E-state index in [4.69, 9.17) is 9.72 Å². The van der Waals surface area contributed by atoms with Crippen LogP contribution < -0.4 is 15.0 Å². The Bertz CT molecular complexity index is 1420. The Morgan fingerprint density at radius 2 is 1.65 bits per heavy atom. The van der Waals surface area contributed by atoms with E-state index < -0.39 is 5.54 Å². The molecule has 0 aliphatic heterocycles. The lowest BCUT2D eigenvalue weighted by atomic mass is 9.93. The summed E-state index contributed by atoms with van der Waals surface area (Å²) < 4.78 is 5.27. The molecule has 1 atom stereocenters. The molecule has 4 rings (SSSR count). The smallest absolute Gasteiger partial charge is 0.250 e. The van der Waals surface area contributed by atoms with Crippen LogP contribution in [-0.4, -0.2) is 48.4 Å². The summed E-state index contributed by atoms with van der Waals surface area (Å²) in [7, 11) is 5.57. The quantitative estimate of drug-likeness (QED) is 0.236. The third kappa shape index (κ3) is 6.69. The van der Waals surface area contributed by atoms with E-state index in [9.17, 15) is 9.59 Å². The van der Waals surface area contributed by atoms with Crippen molar-refractivity contribution in [3.63, 3.8) is 0 Å². The molecular weight excluding hydrogens is 520 g/mol. The van der Waals surface area contributed by atoms with Crippen LogP contribution in [0.25, 0.3) is 11.3 Å². The maximum Gasteiger partial charge on any atom is 0.250 e. The van der Waals surface area contributed by atoms with Gasteiger partial charge in [0.05, 0.1) is 25.8 Å². The summed E-state index contributed by atoms with van der Waals surface area (Å²) in [6, 6.07) is 25.0. The van der Waals surface area contributed by atoms with Gasteiger partial charge in [-0.1, -0.05) is 37.3 Å². The molecule has 8 heteroatoms. The second-order valence-electron chi connectivity index (χ2n) is 10.0. The summed E-state index contributed by atoms with van der Waals surface area (Å²) in [5.41, 5.74) is 3.30. The molecule has 4 aromatic rings. The van der Waals surface area contributed by atoms with Gasteiger partial charge in [-0.3, -0.25) is 9.59 Å². The van der Waals surface area contributed by atoms with E-state index in [0.29, 0.717) is 12.1 Å². The molecule has 0 fully saturated rings. The van der Waals surface area contributed by atoms with Crippen molar-refractivity contribution >= 4 is 34.5 Å². The van der Waals surface area contributed by atoms with Gasteiger partial charge in [-0.15, -0.1) is 11.3 Å². The zero-order chi connectivity index (χ0) is 28.7. The van der Waals surface area contributed by atoms with Crippen LogP contribution >= 0.6 is 11.3 Å². The van der Waals surface area contributed by atoms with Gasteiger partial charge in [0.1, 0.15) is 16.3 Å². The normalized spacial score (nSPS) is 12.3. The molecule has 1 aromatic heterocycles. The van der Waals surface area contributed by atoms with Gasteiger partial charge in [0.2, 0.25) is 11.8 Å². The molecule has 3 aromatic carbocycles. The highest BCUT2D eigenvalue weighted by molar-refractivity contribution is 7.09. The van der Waals surface area contributed by atoms with Crippen molar-refractivity contribution in [2.24, 2.45) is 0 Å². The van der Waals surface area contributed by atoms with Crippen LogP contribution in [0.3, 0.4) is 0 Å². The Labute approximate surface area is 240 Å². The third-order valence-electron chi connectivity index (χ3n) is 7.15. The first kappa shape index (κ1) is 28.8. The number of rotatable bonds is 11. The Balaban J connectivity index is 1.62. The third-order valence-corrected chi connectivity index (χ3v) is 7.98. The molecule has 2 amide bonds. The standard InChI is InChI=1S/C32H36N4O3S/c1-6-32(2,31(38)33-25-14-16-26(17-15-25)35(3)4)36(30(37)20-23-10-8-7-9-11-23)21-29-34-28(22-40-29)24-12-18-27(39-5)19-13-24/h7-19,22H,6,20-21H2,1-5H3,(H,33,38). The van der Waals surface area contributed by atoms with Crippen LogP contribution in [-0.2, 0) is 22.6 Å². The lowest BCUT2D eigenvalue weighted by molar-refractivity contribution is -0.145. The van der Waals surface area contributed by atoms with Crippen LogP contribution in [0.1, 0.15) is 30.8 Å². The number of carbonyl (C=O) groups excluding carboxylic acids is 2. The minimum Gasteiger partial charge on any atom is -0.497 e. The first-order valence-electron chi connectivity index (χ1n) is 13.3.